The molecule has 0 atom stereocenters. The maximum atomic E-state index is 12.8. The lowest BCUT2D eigenvalue weighted by molar-refractivity contribution is -0.139. The molecule has 110 valence electrons. The van der Waals surface area contributed by atoms with Gasteiger partial charge in [-0.2, -0.15) is 11.3 Å². The number of thiophene rings is 1. The molecule has 1 aromatic heterocycles. The number of carbonyl (C=O) groups is 2. The fourth-order valence-corrected chi connectivity index (χ4v) is 3.51. The van der Waals surface area contributed by atoms with Gasteiger partial charge in [0, 0.05) is 19.5 Å². The van der Waals surface area contributed by atoms with E-state index in [9.17, 15) is 9.59 Å². The summed E-state index contributed by atoms with van der Waals surface area (Å²) in [6.07, 6.45) is 1.65. The van der Waals surface area contributed by atoms with Gasteiger partial charge < -0.3 is 10.2 Å². The molecular weight excluding hydrogens is 272 g/mol. The van der Waals surface area contributed by atoms with Crippen LogP contribution >= 0.6 is 11.3 Å². The Balaban J connectivity index is 2.26. The van der Waals surface area contributed by atoms with E-state index in [1.807, 2.05) is 18.7 Å². The van der Waals surface area contributed by atoms with Gasteiger partial charge in [0.25, 0.3) is 0 Å². The van der Waals surface area contributed by atoms with Gasteiger partial charge in [-0.3, -0.25) is 9.59 Å². The van der Waals surface area contributed by atoms with Crippen LogP contribution in [0, 0.1) is 6.92 Å². The molecule has 1 aliphatic rings. The SMILES string of the molecule is CCC1(CC)NC(=O)CCN(Cc2cscc2C)C1=O. The second-order valence-electron chi connectivity index (χ2n) is 5.39. The Bertz CT molecular complexity index is 506. The zero-order valence-corrected chi connectivity index (χ0v) is 13.2. The fourth-order valence-electron chi connectivity index (χ4n) is 2.66. The molecule has 0 aliphatic carbocycles. The molecule has 1 saturated heterocycles. The van der Waals surface area contributed by atoms with Crippen molar-refractivity contribution in [3.63, 3.8) is 0 Å². The largest absolute Gasteiger partial charge is 0.342 e. The summed E-state index contributed by atoms with van der Waals surface area (Å²) in [5.41, 5.74) is 1.67. The smallest absolute Gasteiger partial charge is 0.248 e. The van der Waals surface area contributed by atoms with Crippen LogP contribution in [-0.2, 0) is 16.1 Å². The summed E-state index contributed by atoms with van der Waals surface area (Å²) in [7, 11) is 0. The predicted octanol–water partition coefficient (Wildman–Crippen LogP) is 2.46. The molecule has 2 rings (SSSR count). The Morgan fingerprint density at radius 2 is 2.00 bits per heavy atom. The van der Waals surface area contributed by atoms with Crippen molar-refractivity contribution in [1.29, 1.82) is 0 Å². The summed E-state index contributed by atoms with van der Waals surface area (Å²) in [6, 6.07) is 0. The van der Waals surface area contributed by atoms with Crippen LogP contribution in [0.15, 0.2) is 10.8 Å². The molecule has 2 amide bonds. The number of hydrogen-bond acceptors (Lipinski definition) is 3. The van der Waals surface area contributed by atoms with Crippen molar-refractivity contribution in [2.24, 2.45) is 0 Å². The van der Waals surface area contributed by atoms with E-state index in [-0.39, 0.29) is 11.8 Å². The zero-order chi connectivity index (χ0) is 14.8. The first-order chi connectivity index (χ1) is 9.52. The highest BCUT2D eigenvalue weighted by Gasteiger charge is 2.41. The van der Waals surface area contributed by atoms with E-state index in [1.165, 1.54) is 11.1 Å². The lowest BCUT2D eigenvalue weighted by Gasteiger charge is -2.33. The lowest BCUT2D eigenvalue weighted by atomic mass is 9.91. The topological polar surface area (TPSA) is 49.4 Å². The molecule has 0 radical (unpaired) electrons. The minimum atomic E-state index is -0.725. The molecule has 1 aromatic rings. The molecule has 2 heterocycles. The summed E-state index contributed by atoms with van der Waals surface area (Å²) < 4.78 is 0. The third-order valence-corrected chi connectivity index (χ3v) is 5.12. The number of rotatable bonds is 4. The molecule has 1 aliphatic heterocycles. The first-order valence-electron chi connectivity index (χ1n) is 7.14. The first-order valence-corrected chi connectivity index (χ1v) is 8.08. The molecule has 20 heavy (non-hydrogen) atoms. The van der Waals surface area contributed by atoms with Crippen molar-refractivity contribution in [2.45, 2.75) is 52.1 Å². The minimum Gasteiger partial charge on any atom is -0.342 e. The van der Waals surface area contributed by atoms with Gasteiger partial charge in [0.15, 0.2) is 0 Å². The Kier molecular flexibility index (Phi) is 4.48. The molecular formula is C15H22N2O2S. The van der Waals surface area contributed by atoms with Crippen molar-refractivity contribution in [2.75, 3.05) is 6.54 Å². The Morgan fingerprint density at radius 1 is 1.30 bits per heavy atom. The molecule has 1 N–H and O–H groups in total. The Hall–Kier alpha value is -1.36. The molecule has 5 heteroatoms. The van der Waals surface area contributed by atoms with Crippen LogP contribution in [0.3, 0.4) is 0 Å². The highest BCUT2D eigenvalue weighted by Crippen LogP contribution is 2.24. The van der Waals surface area contributed by atoms with Crippen LogP contribution in [0.5, 0.6) is 0 Å². The predicted molar refractivity (Wildman–Crippen MR) is 80.5 cm³/mol. The maximum absolute atomic E-state index is 12.8. The van der Waals surface area contributed by atoms with Crippen molar-refractivity contribution in [1.82, 2.24) is 10.2 Å². The van der Waals surface area contributed by atoms with Gasteiger partial charge in [0.2, 0.25) is 11.8 Å². The second-order valence-corrected chi connectivity index (χ2v) is 6.14. The normalized spacial score (nSPS) is 18.9. The van der Waals surface area contributed by atoms with E-state index in [0.29, 0.717) is 32.4 Å². The quantitative estimate of drug-likeness (QED) is 0.927. The fraction of sp³-hybridized carbons (Fsp3) is 0.600. The number of carbonyl (C=O) groups excluding carboxylic acids is 2. The van der Waals surface area contributed by atoms with Gasteiger partial charge >= 0.3 is 0 Å². The van der Waals surface area contributed by atoms with Gasteiger partial charge in [-0.25, -0.2) is 0 Å². The van der Waals surface area contributed by atoms with Crippen LogP contribution in [-0.4, -0.2) is 28.8 Å². The lowest BCUT2D eigenvalue weighted by Crippen LogP contribution is -2.56. The van der Waals surface area contributed by atoms with E-state index in [4.69, 9.17) is 0 Å². The van der Waals surface area contributed by atoms with Crippen molar-refractivity contribution >= 4 is 23.2 Å². The Labute approximate surface area is 124 Å². The van der Waals surface area contributed by atoms with E-state index >= 15 is 0 Å². The van der Waals surface area contributed by atoms with E-state index in [0.717, 1.165) is 0 Å². The Morgan fingerprint density at radius 3 is 2.55 bits per heavy atom. The number of nitrogens with one attached hydrogen (secondary N) is 1. The second kappa shape index (κ2) is 5.95. The first kappa shape index (κ1) is 15.0. The molecule has 0 bridgehead atoms. The van der Waals surface area contributed by atoms with Gasteiger partial charge in [-0.15, -0.1) is 0 Å². The van der Waals surface area contributed by atoms with E-state index in [2.05, 4.69) is 23.0 Å². The van der Waals surface area contributed by atoms with Crippen molar-refractivity contribution in [3.05, 3.63) is 21.9 Å². The minimum absolute atomic E-state index is 0.0217. The molecule has 0 unspecified atom stereocenters. The maximum Gasteiger partial charge on any atom is 0.248 e. The zero-order valence-electron chi connectivity index (χ0n) is 12.4. The van der Waals surface area contributed by atoms with E-state index < -0.39 is 5.54 Å². The average Bonchev–Trinajstić information content (AvgIpc) is 2.80. The third kappa shape index (κ3) is 2.73. The van der Waals surface area contributed by atoms with Crippen LogP contribution in [0.25, 0.3) is 0 Å². The standard InChI is InChI=1S/C15H22N2O2S/c1-4-15(5-2)14(19)17(7-6-13(18)16-15)8-12-10-20-9-11(12)3/h9-10H,4-8H2,1-3H3,(H,16,18). The van der Waals surface area contributed by atoms with Crippen LogP contribution in [0.2, 0.25) is 0 Å². The number of aryl methyl sites for hydroxylation is 1. The van der Waals surface area contributed by atoms with Crippen molar-refractivity contribution < 1.29 is 9.59 Å². The number of hydrogen-bond donors (Lipinski definition) is 1. The van der Waals surface area contributed by atoms with Gasteiger partial charge in [-0.05, 0) is 41.7 Å². The van der Waals surface area contributed by atoms with Crippen LogP contribution in [0.4, 0.5) is 0 Å². The molecule has 0 saturated carbocycles. The molecule has 0 spiro atoms. The van der Waals surface area contributed by atoms with Gasteiger partial charge in [-0.1, -0.05) is 13.8 Å². The summed E-state index contributed by atoms with van der Waals surface area (Å²) in [5.74, 6) is 0.0329. The molecule has 4 nitrogen and oxygen atoms in total. The highest BCUT2D eigenvalue weighted by atomic mass is 32.1. The monoisotopic (exact) mass is 294 g/mol. The summed E-state index contributed by atoms with van der Waals surface area (Å²) in [6.45, 7) is 7.08. The van der Waals surface area contributed by atoms with Gasteiger partial charge in [0.05, 0.1) is 0 Å². The van der Waals surface area contributed by atoms with Crippen LogP contribution in [0.1, 0.15) is 44.2 Å². The summed E-state index contributed by atoms with van der Waals surface area (Å²) in [5, 5.41) is 7.11. The number of amides is 2. The van der Waals surface area contributed by atoms with Crippen LogP contribution < -0.4 is 5.32 Å². The average molecular weight is 294 g/mol. The van der Waals surface area contributed by atoms with Gasteiger partial charge in [0.1, 0.15) is 5.54 Å². The molecule has 1 fully saturated rings. The van der Waals surface area contributed by atoms with Crippen molar-refractivity contribution in [3.8, 4) is 0 Å². The summed E-state index contributed by atoms with van der Waals surface area (Å²) in [4.78, 5) is 26.5. The summed E-state index contributed by atoms with van der Waals surface area (Å²) >= 11 is 1.65. The highest BCUT2D eigenvalue weighted by molar-refractivity contribution is 7.08. The molecule has 0 aromatic carbocycles. The van der Waals surface area contributed by atoms with E-state index in [1.54, 1.807) is 11.3 Å². The number of nitrogens with zero attached hydrogens (tertiary/aromatic N) is 1. The third-order valence-electron chi connectivity index (χ3n) is 4.21.